The molecule has 168 valence electrons. The van der Waals surface area contributed by atoms with Gasteiger partial charge in [0.05, 0.1) is 0 Å². The molecule has 4 aromatic carbocycles. The zero-order valence-corrected chi connectivity index (χ0v) is 19.9. The van der Waals surface area contributed by atoms with Crippen LogP contribution < -0.4 is 5.32 Å². The first kappa shape index (κ1) is 23.0. The number of nitrogens with one attached hydrogen (secondary N) is 1. The Labute approximate surface area is 201 Å². The zero-order chi connectivity index (χ0) is 24.1. The molecule has 34 heavy (non-hydrogen) atoms. The van der Waals surface area contributed by atoms with Crippen molar-refractivity contribution in [3.63, 3.8) is 0 Å². The van der Waals surface area contributed by atoms with E-state index >= 15 is 0 Å². The van der Waals surface area contributed by atoms with Gasteiger partial charge in [0, 0.05) is 5.69 Å². The van der Waals surface area contributed by atoms with Crippen LogP contribution in [-0.2, 0) is 17.6 Å². The monoisotopic (exact) mass is 444 g/mol. The molecular formula is C31H28N2O. The van der Waals surface area contributed by atoms with Crippen LogP contribution in [0.2, 0.25) is 0 Å². The quantitative estimate of drug-likeness (QED) is 0.253. The lowest BCUT2D eigenvalue weighted by atomic mass is 9.92. The Balaban J connectivity index is 1.74. The zero-order valence-electron chi connectivity index (χ0n) is 19.9. The second kappa shape index (κ2) is 10.2. The third-order valence-corrected chi connectivity index (χ3v) is 6.01. The number of anilines is 1. The summed E-state index contributed by atoms with van der Waals surface area (Å²) in [4.78, 5) is 13.0. The first-order valence-electron chi connectivity index (χ1n) is 11.6. The van der Waals surface area contributed by atoms with Crippen LogP contribution in [0.4, 0.5) is 5.69 Å². The van der Waals surface area contributed by atoms with Gasteiger partial charge in [0.15, 0.2) is 0 Å². The summed E-state index contributed by atoms with van der Waals surface area (Å²) in [6.45, 7) is 6.29. The molecule has 0 aliphatic heterocycles. The Bertz CT molecular complexity index is 1400. The van der Waals surface area contributed by atoms with Gasteiger partial charge in [0.2, 0.25) is 0 Å². The van der Waals surface area contributed by atoms with Crippen molar-refractivity contribution in [2.75, 3.05) is 5.32 Å². The summed E-state index contributed by atoms with van der Waals surface area (Å²) in [7, 11) is 0. The number of carbonyl (C=O) groups is 1. The van der Waals surface area contributed by atoms with E-state index in [-0.39, 0.29) is 5.57 Å². The van der Waals surface area contributed by atoms with Gasteiger partial charge >= 0.3 is 0 Å². The molecule has 0 spiro atoms. The van der Waals surface area contributed by atoms with Crippen LogP contribution in [0, 0.1) is 25.2 Å². The van der Waals surface area contributed by atoms with E-state index in [1.165, 1.54) is 22.3 Å². The van der Waals surface area contributed by atoms with E-state index in [4.69, 9.17) is 0 Å². The topological polar surface area (TPSA) is 52.9 Å². The Morgan fingerprint density at radius 1 is 0.912 bits per heavy atom. The number of nitrogens with zero attached hydrogens (tertiary/aromatic N) is 1. The molecule has 3 nitrogen and oxygen atoms in total. The van der Waals surface area contributed by atoms with Gasteiger partial charge in [0.1, 0.15) is 11.6 Å². The van der Waals surface area contributed by atoms with Gasteiger partial charge in [0.25, 0.3) is 5.91 Å². The van der Waals surface area contributed by atoms with Crippen LogP contribution in [-0.4, -0.2) is 5.91 Å². The van der Waals surface area contributed by atoms with E-state index in [0.717, 1.165) is 34.7 Å². The number of fused-ring (bicyclic) bond motifs is 1. The first-order valence-corrected chi connectivity index (χ1v) is 11.6. The fourth-order valence-corrected chi connectivity index (χ4v) is 4.37. The van der Waals surface area contributed by atoms with Gasteiger partial charge in [-0.2, -0.15) is 5.26 Å². The number of benzene rings is 4. The Morgan fingerprint density at radius 2 is 1.62 bits per heavy atom. The molecule has 0 saturated carbocycles. The van der Waals surface area contributed by atoms with Gasteiger partial charge < -0.3 is 5.32 Å². The van der Waals surface area contributed by atoms with Crippen LogP contribution in [0.25, 0.3) is 16.8 Å². The summed E-state index contributed by atoms with van der Waals surface area (Å²) in [5.41, 5.74) is 7.59. The number of nitriles is 1. The highest BCUT2D eigenvalue weighted by atomic mass is 16.1. The van der Waals surface area contributed by atoms with Crippen molar-refractivity contribution in [2.24, 2.45) is 0 Å². The highest BCUT2D eigenvalue weighted by Gasteiger charge is 2.14. The second-order valence-electron chi connectivity index (χ2n) is 8.71. The molecule has 4 rings (SSSR count). The van der Waals surface area contributed by atoms with Gasteiger partial charge in [-0.15, -0.1) is 0 Å². The lowest BCUT2D eigenvalue weighted by Crippen LogP contribution is -2.13. The van der Waals surface area contributed by atoms with Crippen LogP contribution in [0.1, 0.15) is 40.3 Å². The van der Waals surface area contributed by atoms with Gasteiger partial charge in [-0.05, 0) is 77.9 Å². The molecular weight excluding hydrogens is 416 g/mol. The van der Waals surface area contributed by atoms with Crippen LogP contribution in [0.15, 0.2) is 84.4 Å². The predicted octanol–water partition coefficient (Wildman–Crippen LogP) is 7.16. The summed E-state index contributed by atoms with van der Waals surface area (Å²) in [5.74, 6) is -0.406. The Morgan fingerprint density at radius 3 is 2.29 bits per heavy atom. The fourth-order valence-electron chi connectivity index (χ4n) is 4.37. The third kappa shape index (κ3) is 5.24. The van der Waals surface area contributed by atoms with Gasteiger partial charge in [-0.1, -0.05) is 84.8 Å². The normalized spacial score (nSPS) is 11.3. The smallest absolute Gasteiger partial charge is 0.266 e. The number of carbonyl (C=O) groups excluding carboxylic acids is 1. The van der Waals surface area contributed by atoms with E-state index < -0.39 is 5.91 Å². The lowest BCUT2D eigenvalue weighted by Gasteiger charge is -2.13. The second-order valence-corrected chi connectivity index (χ2v) is 8.71. The van der Waals surface area contributed by atoms with Crippen molar-refractivity contribution in [2.45, 2.75) is 33.6 Å². The van der Waals surface area contributed by atoms with E-state index in [1.807, 2.05) is 42.5 Å². The predicted molar refractivity (Wildman–Crippen MR) is 141 cm³/mol. The molecule has 0 saturated heterocycles. The molecule has 0 fully saturated rings. The molecule has 0 heterocycles. The van der Waals surface area contributed by atoms with Crippen molar-refractivity contribution < 1.29 is 4.79 Å². The summed E-state index contributed by atoms with van der Waals surface area (Å²) in [6.07, 6.45) is 3.38. The Hall–Kier alpha value is -4.16. The van der Waals surface area contributed by atoms with Crippen molar-refractivity contribution in [1.29, 1.82) is 5.26 Å². The number of hydrogen-bond acceptors (Lipinski definition) is 2. The van der Waals surface area contributed by atoms with Gasteiger partial charge in [-0.3, -0.25) is 4.79 Å². The molecule has 0 aliphatic carbocycles. The highest BCUT2D eigenvalue weighted by molar-refractivity contribution is 6.11. The molecule has 0 unspecified atom stereocenters. The average molecular weight is 445 g/mol. The van der Waals surface area contributed by atoms with Crippen molar-refractivity contribution in [3.05, 3.63) is 118 Å². The van der Waals surface area contributed by atoms with Gasteiger partial charge in [-0.25, -0.2) is 0 Å². The van der Waals surface area contributed by atoms with Crippen LogP contribution >= 0.6 is 0 Å². The minimum absolute atomic E-state index is 0.0811. The molecule has 4 aromatic rings. The standard InChI is InChI=1S/C31H28N2O/c1-4-23-9-13-28(14-10-23)33-31(34)27(20-32)19-30-26(12-11-25-7-5-6-8-29(25)30)18-24-16-21(2)15-22(3)17-24/h5-17,19H,4,18H2,1-3H3,(H,33,34)/b27-19+. The molecule has 0 bridgehead atoms. The van der Waals surface area contributed by atoms with E-state index in [1.54, 1.807) is 6.08 Å². The molecule has 0 radical (unpaired) electrons. The highest BCUT2D eigenvalue weighted by Crippen LogP contribution is 2.28. The van der Waals surface area contributed by atoms with E-state index in [0.29, 0.717) is 5.69 Å². The molecule has 0 aliphatic rings. The third-order valence-electron chi connectivity index (χ3n) is 6.01. The molecule has 1 amide bonds. The lowest BCUT2D eigenvalue weighted by molar-refractivity contribution is -0.112. The molecule has 0 atom stereocenters. The number of aryl methyl sites for hydroxylation is 3. The maximum Gasteiger partial charge on any atom is 0.266 e. The van der Waals surface area contributed by atoms with Crippen LogP contribution in [0.5, 0.6) is 0 Å². The summed E-state index contributed by atoms with van der Waals surface area (Å²) in [6, 6.07) is 28.6. The summed E-state index contributed by atoms with van der Waals surface area (Å²) < 4.78 is 0. The maximum absolute atomic E-state index is 13.0. The van der Waals surface area contributed by atoms with E-state index in [2.05, 4.69) is 68.6 Å². The SMILES string of the molecule is CCc1ccc(NC(=O)/C(C#N)=C/c2c(Cc3cc(C)cc(C)c3)ccc3ccccc23)cc1. The number of rotatable bonds is 6. The largest absolute Gasteiger partial charge is 0.321 e. The fraction of sp³-hybridized carbons (Fsp3) is 0.161. The first-order chi connectivity index (χ1) is 16.5. The minimum atomic E-state index is -0.406. The maximum atomic E-state index is 13.0. The Kier molecular flexibility index (Phi) is 6.90. The summed E-state index contributed by atoms with van der Waals surface area (Å²) >= 11 is 0. The molecule has 0 aromatic heterocycles. The summed E-state index contributed by atoms with van der Waals surface area (Å²) in [5, 5.41) is 14.8. The van der Waals surface area contributed by atoms with Crippen molar-refractivity contribution >= 4 is 28.4 Å². The average Bonchev–Trinajstić information content (AvgIpc) is 2.83. The van der Waals surface area contributed by atoms with Crippen molar-refractivity contribution in [3.8, 4) is 6.07 Å². The molecule has 3 heteroatoms. The molecule has 1 N–H and O–H groups in total. The van der Waals surface area contributed by atoms with E-state index in [9.17, 15) is 10.1 Å². The van der Waals surface area contributed by atoms with Crippen molar-refractivity contribution in [1.82, 2.24) is 0 Å². The minimum Gasteiger partial charge on any atom is -0.321 e. The number of hydrogen-bond donors (Lipinski definition) is 1. The van der Waals surface area contributed by atoms with Crippen LogP contribution in [0.3, 0.4) is 0 Å². The number of amides is 1.